The van der Waals surface area contributed by atoms with Gasteiger partial charge in [0, 0.05) is 21.9 Å². The van der Waals surface area contributed by atoms with Gasteiger partial charge in [-0.3, -0.25) is 5.32 Å². The highest BCUT2D eigenvalue weighted by atomic mass is 16.3. The first-order chi connectivity index (χ1) is 24.8. The molecule has 0 saturated heterocycles. The maximum Gasteiger partial charge on any atom is 0.143 e. The summed E-state index contributed by atoms with van der Waals surface area (Å²) in [5, 5.41) is 9.82. The van der Waals surface area contributed by atoms with Crippen molar-refractivity contribution in [2.75, 3.05) is 0 Å². The zero-order valence-electron chi connectivity index (χ0n) is 27.1. The van der Waals surface area contributed by atoms with E-state index in [2.05, 4.69) is 168 Å². The average molecular weight is 642 g/mol. The van der Waals surface area contributed by atoms with Gasteiger partial charge in [-0.25, -0.2) is 4.99 Å². The van der Waals surface area contributed by atoms with Crippen molar-refractivity contribution in [3.8, 4) is 22.3 Å². The van der Waals surface area contributed by atoms with Gasteiger partial charge in [-0.2, -0.15) is 0 Å². The smallest absolute Gasteiger partial charge is 0.143 e. The molecule has 8 aromatic rings. The summed E-state index contributed by atoms with van der Waals surface area (Å²) in [6.45, 7) is 0. The van der Waals surface area contributed by atoms with Crippen molar-refractivity contribution in [1.29, 1.82) is 0 Å². The van der Waals surface area contributed by atoms with Gasteiger partial charge >= 0.3 is 0 Å². The minimum atomic E-state index is -0.508. The maximum atomic E-state index is 6.72. The summed E-state index contributed by atoms with van der Waals surface area (Å²) in [7, 11) is 0. The Labute approximate surface area is 289 Å². The van der Waals surface area contributed by atoms with Crippen molar-refractivity contribution in [3.63, 3.8) is 0 Å². The standard InChI is InChI=1S/C46H31N3O/c1-3-13-28(14-4-1)43-47-44(29-15-5-2-6-16-29)49-45(48-43)30-23-24-32-31-17-7-10-20-36(31)46(39(32)27-30)37-21-11-8-19-35(37)41-38(46)26-25-34-33-18-9-12-22-40(33)50-42(34)41/h1-27,43-44,47H,(H,48,49). The second kappa shape index (κ2) is 10.4. The molecule has 2 N–H and O–H groups in total. The minimum absolute atomic E-state index is 0.109. The molecule has 2 heterocycles. The summed E-state index contributed by atoms with van der Waals surface area (Å²) < 4.78 is 6.72. The molecule has 1 aromatic heterocycles. The highest BCUT2D eigenvalue weighted by Crippen LogP contribution is 2.64. The number of nitrogens with one attached hydrogen (secondary N) is 2. The van der Waals surface area contributed by atoms with Crippen LogP contribution in [-0.4, -0.2) is 5.84 Å². The third-order valence-electron chi connectivity index (χ3n) is 11.0. The first-order valence-electron chi connectivity index (χ1n) is 17.3. The quantitative estimate of drug-likeness (QED) is 0.202. The van der Waals surface area contributed by atoms with Gasteiger partial charge in [0.25, 0.3) is 0 Å². The van der Waals surface area contributed by atoms with Crippen molar-refractivity contribution < 1.29 is 4.42 Å². The van der Waals surface area contributed by atoms with Gasteiger partial charge in [0.15, 0.2) is 0 Å². The highest BCUT2D eigenvalue weighted by Gasteiger charge is 2.52. The monoisotopic (exact) mass is 641 g/mol. The molecule has 0 amide bonds. The fourth-order valence-electron chi connectivity index (χ4n) is 8.88. The topological polar surface area (TPSA) is 49.6 Å². The summed E-state index contributed by atoms with van der Waals surface area (Å²) in [4.78, 5) is 5.32. The van der Waals surface area contributed by atoms with Gasteiger partial charge in [-0.15, -0.1) is 0 Å². The molecule has 4 heteroatoms. The lowest BCUT2D eigenvalue weighted by Crippen LogP contribution is -2.45. The molecule has 3 atom stereocenters. The zero-order chi connectivity index (χ0) is 32.8. The number of hydrogen-bond donors (Lipinski definition) is 2. The van der Waals surface area contributed by atoms with E-state index in [0.29, 0.717) is 0 Å². The first kappa shape index (κ1) is 27.7. The second-order valence-electron chi connectivity index (χ2n) is 13.5. The maximum absolute atomic E-state index is 6.72. The first-order valence-corrected chi connectivity index (χ1v) is 17.3. The van der Waals surface area contributed by atoms with Crippen LogP contribution in [0.15, 0.2) is 173 Å². The van der Waals surface area contributed by atoms with Crippen LogP contribution in [0.25, 0.3) is 44.2 Å². The minimum Gasteiger partial charge on any atom is -0.455 e. The number of benzene rings is 7. The van der Waals surface area contributed by atoms with Gasteiger partial charge in [0.1, 0.15) is 29.3 Å². The predicted octanol–water partition coefficient (Wildman–Crippen LogP) is 10.3. The molecule has 11 rings (SSSR count). The lowest BCUT2D eigenvalue weighted by Gasteiger charge is -2.33. The zero-order valence-corrected chi connectivity index (χ0v) is 27.1. The molecular weight excluding hydrogens is 611 g/mol. The van der Waals surface area contributed by atoms with E-state index >= 15 is 0 Å². The van der Waals surface area contributed by atoms with E-state index in [1.807, 2.05) is 6.07 Å². The molecule has 1 aliphatic heterocycles. The molecule has 2 aliphatic carbocycles. The summed E-state index contributed by atoms with van der Waals surface area (Å²) >= 11 is 0. The van der Waals surface area contributed by atoms with Crippen LogP contribution in [0.1, 0.15) is 51.3 Å². The van der Waals surface area contributed by atoms with Crippen molar-refractivity contribution in [2.45, 2.75) is 17.7 Å². The van der Waals surface area contributed by atoms with Crippen molar-refractivity contribution >= 4 is 27.8 Å². The molecule has 3 unspecified atom stereocenters. The number of fused-ring (bicyclic) bond motifs is 14. The fraction of sp³-hybridized carbons (Fsp3) is 0.0652. The molecule has 50 heavy (non-hydrogen) atoms. The Morgan fingerprint density at radius 1 is 0.520 bits per heavy atom. The summed E-state index contributed by atoms with van der Waals surface area (Å²) in [5.74, 6) is 0.875. The summed E-state index contributed by atoms with van der Waals surface area (Å²) in [5.41, 5.74) is 14.8. The molecular formula is C46H31N3O. The second-order valence-corrected chi connectivity index (χ2v) is 13.5. The molecule has 7 aromatic carbocycles. The van der Waals surface area contributed by atoms with E-state index in [1.165, 1.54) is 50.1 Å². The Hall–Kier alpha value is -6.23. The summed E-state index contributed by atoms with van der Waals surface area (Å²) in [6.07, 6.45) is -0.311. The lowest BCUT2D eigenvalue weighted by molar-refractivity contribution is 0.409. The van der Waals surface area contributed by atoms with Gasteiger partial charge in [-0.1, -0.05) is 152 Å². The molecule has 0 fully saturated rings. The normalized spacial score (nSPS) is 19.9. The van der Waals surface area contributed by atoms with Crippen LogP contribution in [0.3, 0.4) is 0 Å². The molecule has 236 valence electrons. The fourth-order valence-corrected chi connectivity index (χ4v) is 8.88. The SMILES string of the molecule is c1ccc(C2N=C(c3ccc4c(c3)C3(c5ccccc5-4)c4ccccc4-c4c3ccc3c4oc4ccccc43)NC(c3ccccc3)N2)cc1. The molecule has 3 aliphatic rings. The summed E-state index contributed by atoms with van der Waals surface area (Å²) in [6, 6.07) is 58.9. The van der Waals surface area contributed by atoms with Crippen molar-refractivity contribution in [1.82, 2.24) is 10.6 Å². The van der Waals surface area contributed by atoms with Crippen molar-refractivity contribution in [3.05, 3.63) is 203 Å². The Kier molecular flexibility index (Phi) is 5.75. The van der Waals surface area contributed by atoms with Gasteiger partial charge in [0.05, 0.1) is 5.41 Å². The van der Waals surface area contributed by atoms with E-state index < -0.39 is 5.41 Å². The number of amidine groups is 1. The molecule has 0 saturated carbocycles. The highest BCUT2D eigenvalue weighted by molar-refractivity contribution is 6.13. The van der Waals surface area contributed by atoms with Crippen LogP contribution >= 0.6 is 0 Å². The Balaban J connectivity index is 1.16. The van der Waals surface area contributed by atoms with Crippen LogP contribution in [-0.2, 0) is 5.41 Å². The van der Waals surface area contributed by atoms with Gasteiger partial charge in [0.2, 0.25) is 0 Å². The van der Waals surface area contributed by atoms with Crippen LogP contribution in [0.4, 0.5) is 0 Å². The number of para-hydroxylation sites is 1. The Bertz CT molecular complexity index is 2670. The number of aliphatic imine (C=N–C) groups is 1. The number of furan rings is 1. The van der Waals surface area contributed by atoms with E-state index in [-0.39, 0.29) is 12.3 Å². The van der Waals surface area contributed by atoms with E-state index in [9.17, 15) is 0 Å². The number of rotatable bonds is 3. The largest absolute Gasteiger partial charge is 0.455 e. The van der Waals surface area contributed by atoms with Gasteiger partial charge < -0.3 is 9.73 Å². The molecule has 1 spiro atoms. The van der Waals surface area contributed by atoms with Gasteiger partial charge in [-0.05, 0) is 62.2 Å². The Morgan fingerprint density at radius 3 is 2.00 bits per heavy atom. The number of nitrogens with zero attached hydrogens (tertiary/aromatic N) is 1. The molecule has 0 bridgehead atoms. The number of hydrogen-bond acceptors (Lipinski definition) is 4. The Morgan fingerprint density at radius 2 is 1.18 bits per heavy atom. The van der Waals surface area contributed by atoms with E-state index in [4.69, 9.17) is 9.41 Å². The van der Waals surface area contributed by atoms with Crippen LogP contribution in [0, 0.1) is 0 Å². The van der Waals surface area contributed by atoms with Crippen LogP contribution in [0.5, 0.6) is 0 Å². The van der Waals surface area contributed by atoms with E-state index in [1.54, 1.807) is 0 Å². The van der Waals surface area contributed by atoms with Crippen LogP contribution in [0.2, 0.25) is 0 Å². The molecule has 0 radical (unpaired) electrons. The average Bonchev–Trinajstić information content (AvgIpc) is 3.82. The predicted molar refractivity (Wildman–Crippen MR) is 201 cm³/mol. The van der Waals surface area contributed by atoms with Crippen LogP contribution < -0.4 is 10.6 Å². The third-order valence-corrected chi connectivity index (χ3v) is 11.0. The molecule has 4 nitrogen and oxygen atoms in total. The van der Waals surface area contributed by atoms with Crippen molar-refractivity contribution in [2.24, 2.45) is 4.99 Å². The third kappa shape index (κ3) is 3.71. The van der Waals surface area contributed by atoms with E-state index in [0.717, 1.165) is 38.9 Å². The lowest BCUT2D eigenvalue weighted by atomic mass is 9.70.